The lowest BCUT2D eigenvalue weighted by Gasteiger charge is -2.13. The highest BCUT2D eigenvalue weighted by Crippen LogP contribution is 2.27. The van der Waals surface area contributed by atoms with Crippen LogP contribution in [0.5, 0.6) is 0 Å². The maximum Gasteiger partial charge on any atom is 0.417 e. The molecule has 1 aromatic heterocycles. The Bertz CT molecular complexity index is 818. The van der Waals surface area contributed by atoms with E-state index in [1.165, 1.54) is 0 Å². The Kier molecular flexibility index (Phi) is 3.30. The Labute approximate surface area is 124 Å². The average molecular weight is 309 g/mol. The molecule has 102 valence electrons. The van der Waals surface area contributed by atoms with Crippen LogP contribution in [0.25, 0.3) is 11.1 Å². The second-order valence-corrected chi connectivity index (χ2v) is 5.32. The van der Waals surface area contributed by atoms with Gasteiger partial charge in [0.15, 0.2) is 5.58 Å². The molecule has 20 heavy (non-hydrogen) atoms. The van der Waals surface area contributed by atoms with Crippen molar-refractivity contribution >= 4 is 34.3 Å². The number of fused-ring (bicyclic) bond motifs is 1. The number of halogens is 2. The fourth-order valence-electron chi connectivity index (χ4n) is 2.10. The quantitative estimate of drug-likeness (QED) is 0.761. The third kappa shape index (κ3) is 2.45. The van der Waals surface area contributed by atoms with Crippen molar-refractivity contribution in [2.75, 3.05) is 0 Å². The summed E-state index contributed by atoms with van der Waals surface area (Å²) >= 11 is 12.0. The van der Waals surface area contributed by atoms with Gasteiger partial charge >= 0.3 is 5.76 Å². The molecular weight excluding hydrogens is 299 g/mol. The Morgan fingerprint density at radius 3 is 2.45 bits per heavy atom. The van der Waals surface area contributed by atoms with E-state index in [9.17, 15) is 4.79 Å². The Balaban J connectivity index is 2.06. The normalized spacial score (nSPS) is 12.8. The van der Waals surface area contributed by atoms with Gasteiger partial charge < -0.3 is 10.2 Å². The van der Waals surface area contributed by atoms with Crippen molar-refractivity contribution in [3.8, 4) is 0 Å². The van der Waals surface area contributed by atoms with Crippen molar-refractivity contribution in [2.45, 2.75) is 6.04 Å². The molecule has 0 aliphatic carbocycles. The van der Waals surface area contributed by atoms with Crippen LogP contribution in [-0.4, -0.2) is 4.98 Å². The molecule has 0 radical (unpaired) electrons. The minimum absolute atomic E-state index is 0.407. The number of hydrogen-bond acceptors (Lipinski definition) is 3. The van der Waals surface area contributed by atoms with Gasteiger partial charge in [-0.25, -0.2) is 4.79 Å². The number of nitrogens with one attached hydrogen (secondary N) is 1. The van der Waals surface area contributed by atoms with Gasteiger partial charge in [-0.15, -0.1) is 0 Å². The van der Waals surface area contributed by atoms with Crippen LogP contribution >= 0.6 is 23.2 Å². The number of aromatic nitrogens is 1. The SMILES string of the molecule is NC(c1cc(Cl)cc(Cl)c1)c1ccc2[nH]c(=O)oc2c1. The van der Waals surface area contributed by atoms with Crippen molar-refractivity contribution in [1.82, 2.24) is 4.98 Å². The predicted octanol–water partition coefficient (Wildman–Crippen LogP) is 3.48. The van der Waals surface area contributed by atoms with Crippen LogP contribution in [0, 0.1) is 0 Å². The highest BCUT2D eigenvalue weighted by atomic mass is 35.5. The third-order valence-corrected chi connectivity index (χ3v) is 3.48. The second-order valence-electron chi connectivity index (χ2n) is 4.45. The summed E-state index contributed by atoms with van der Waals surface area (Å²) in [5.74, 6) is -0.489. The van der Waals surface area contributed by atoms with Crippen LogP contribution in [0.4, 0.5) is 0 Å². The van der Waals surface area contributed by atoms with Gasteiger partial charge in [-0.05, 0) is 41.5 Å². The molecule has 0 aliphatic heterocycles. The van der Waals surface area contributed by atoms with Gasteiger partial charge in [0.1, 0.15) is 0 Å². The van der Waals surface area contributed by atoms with Crippen LogP contribution in [0.3, 0.4) is 0 Å². The summed E-state index contributed by atoms with van der Waals surface area (Å²) in [5, 5.41) is 1.05. The Morgan fingerprint density at radius 1 is 1.05 bits per heavy atom. The van der Waals surface area contributed by atoms with Crippen LogP contribution in [-0.2, 0) is 0 Å². The van der Waals surface area contributed by atoms with Gasteiger partial charge in [0.2, 0.25) is 0 Å². The molecule has 0 bridgehead atoms. The lowest BCUT2D eigenvalue weighted by atomic mass is 9.99. The molecule has 0 saturated carbocycles. The van der Waals surface area contributed by atoms with E-state index in [1.54, 1.807) is 30.3 Å². The summed E-state index contributed by atoms with van der Waals surface area (Å²) in [4.78, 5) is 13.7. The van der Waals surface area contributed by atoms with Crippen molar-refractivity contribution in [3.05, 3.63) is 68.1 Å². The summed E-state index contributed by atoms with van der Waals surface area (Å²) < 4.78 is 5.02. The predicted molar refractivity (Wildman–Crippen MR) is 79.3 cm³/mol. The number of nitrogens with two attached hydrogens (primary N) is 1. The van der Waals surface area contributed by atoms with E-state index < -0.39 is 11.8 Å². The summed E-state index contributed by atoms with van der Waals surface area (Å²) in [7, 11) is 0. The molecule has 0 fully saturated rings. The number of benzene rings is 2. The van der Waals surface area contributed by atoms with Crippen LogP contribution < -0.4 is 11.5 Å². The summed E-state index contributed by atoms with van der Waals surface area (Å²) in [5.41, 5.74) is 8.90. The molecule has 4 nitrogen and oxygen atoms in total. The summed E-state index contributed by atoms with van der Waals surface area (Å²) in [6.45, 7) is 0. The standard InChI is InChI=1S/C14H10Cl2N2O2/c15-9-3-8(4-10(16)6-9)13(17)7-1-2-11-12(5-7)20-14(19)18-11/h1-6,13H,17H2,(H,18,19). The largest absolute Gasteiger partial charge is 0.417 e. The van der Waals surface area contributed by atoms with E-state index in [-0.39, 0.29) is 0 Å². The zero-order valence-electron chi connectivity index (χ0n) is 10.2. The monoisotopic (exact) mass is 308 g/mol. The van der Waals surface area contributed by atoms with Crippen molar-refractivity contribution in [1.29, 1.82) is 0 Å². The second kappa shape index (κ2) is 4.98. The molecular formula is C14H10Cl2N2O2. The van der Waals surface area contributed by atoms with Crippen molar-refractivity contribution < 1.29 is 4.42 Å². The van der Waals surface area contributed by atoms with E-state index >= 15 is 0 Å². The Morgan fingerprint density at radius 2 is 1.75 bits per heavy atom. The molecule has 1 atom stereocenters. The minimum Gasteiger partial charge on any atom is -0.408 e. The Hall–Kier alpha value is -1.75. The minimum atomic E-state index is -0.489. The van der Waals surface area contributed by atoms with E-state index in [0.717, 1.165) is 11.1 Å². The first-order valence-electron chi connectivity index (χ1n) is 5.87. The number of aromatic amines is 1. The fourth-order valence-corrected chi connectivity index (χ4v) is 2.65. The average Bonchev–Trinajstić information content (AvgIpc) is 2.75. The molecule has 2 aromatic carbocycles. The van der Waals surface area contributed by atoms with Gasteiger partial charge in [0.25, 0.3) is 0 Å². The van der Waals surface area contributed by atoms with Gasteiger partial charge in [0.05, 0.1) is 11.6 Å². The molecule has 3 N–H and O–H groups in total. The molecule has 3 aromatic rings. The van der Waals surface area contributed by atoms with E-state index in [1.807, 2.05) is 6.07 Å². The van der Waals surface area contributed by atoms with Crippen LogP contribution in [0.1, 0.15) is 17.2 Å². The van der Waals surface area contributed by atoms with Crippen LogP contribution in [0.15, 0.2) is 45.6 Å². The third-order valence-electron chi connectivity index (χ3n) is 3.05. The first-order valence-corrected chi connectivity index (χ1v) is 6.63. The molecule has 6 heteroatoms. The summed E-state index contributed by atoms with van der Waals surface area (Å²) in [6, 6.07) is 10.1. The van der Waals surface area contributed by atoms with Crippen LogP contribution in [0.2, 0.25) is 10.0 Å². The van der Waals surface area contributed by atoms with Gasteiger partial charge in [0, 0.05) is 10.0 Å². The topological polar surface area (TPSA) is 72.0 Å². The highest BCUT2D eigenvalue weighted by molar-refractivity contribution is 6.34. The van der Waals surface area contributed by atoms with E-state index in [0.29, 0.717) is 21.1 Å². The molecule has 1 heterocycles. The first-order chi connectivity index (χ1) is 9.52. The van der Waals surface area contributed by atoms with Gasteiger partial charge in [-0.2, -0.15) is 0 Å². The first kappa shape index (κ1) is 13.2. The van der Waals surface area contributed by atoms with E-state index in [4.69, 9.17) is 33.4 Å². The number of hydrogen-bond donors (Lipinski definition) is 2. The maximum atomic E-state index is 11.1. The molecule has 0 saturated heterocycles. The van der Waals surface area contributed by atoms with Gasteiger partial charge in [-0.1, -0.05) is 29.3 Å². The molecule has 3 rings (SSSR count). The van der Waals surface area contributed by atoms with Crippen molar-refractivity contribution in [3.63, 3.8) is 0 Å². The lowest BCUT2D eigenvalue weighted by molar-refractivity contribution is 0.555. The van der Waals surface area contributed by atoms with E-state index in [2.05, 4.69) is 4.98 Å². The fraction of sp³-hybridized carbons (Fsp3) is 0.0714. The summed E-state index contributed by atoms with van der Waals surface area (Å²) in [6.07, 6.45) is 0. The lowest BCUT2D eigenvalue weighted by Crippen LogP contribution is -2.11. The zero-order valence-corrected chi connectivity index (χ0v) is 11.7. The maximum absolute atomic E-state index is 11.1. The smallest absolute Gasteiger partial charge is 0.408 e. The molecule has 1 unspecified atom stereocenters. The molecule has 0 spiro atoms. The number of rotatable bonds is 2. The highest BCUT2D eigenvalue weighted by Gasteiger charge is 2.12. The molecule has 0 amide bonds. The zero-order chi connectivity index (χ0) is 14.3. The van der Waals surface area contributed by atoms with Crippen molar-refractivity contribution in [2.24, 2.45) is 5.73 Å². The number of H-pyrrole nitrogens is 1. The van der Waals surface area contributed by atoms with Gasteiger partial charge in [-0.3, -0.25) is 4.98 Å². The number of oxazole rings is 1. The molecule has 0 aliphatic rings.